The summed E-state index contributed by atoms with van der Waals surface area (Å²) in [6.45, 7) is 6.72. The first kappa shape index (κ1) is 21.4. The number of amides is 1. The van der Waals surface area contributed by atoms with Crippen LogP contribution in [0.5, 0.6) is 0 Å². The van der Waals surface area contributed by atoms with Crippen molar-refractivity contribution in [3.8, 4) is 0 Å². The van der Waals surface area contributed by atoms with Crippen molar-refractivity contribution in [1.29, 1.82) is 0 Å². The molecule has 1 fully saturated rings. The molecule has 33 heavy (non-hydrogen) atoms. The lowest BCUT2D eigenvalue weighted by Crippen LogP contribution is -2.52. The van der Waals surface area contributed by atoms with Gasteiger partial charge in [0.25, 0.3) is 5.91 Å². The maximum atomic E-state index is 14.5. The van der Waals surface area contributed by atoms with Crippen LogP contribution in [-0.2, 0) is 6.54 Å². The van der Waals surface area contributed by atoms with E-state index in [0.717, 1.165) is 24.2 Å². The summed E-state index contributed by atoms with van der Waals surface area (Å²) in [5, 5.41) is 21.2. The fourth-order valence-corrected chi connectivity index (χ4v) is 4.37. The van der Waals surface area contributed by atoms with Gasteiger partial charge in [-0.05, 0) is 26.0 Å². The van der Waals surface area contributed by atoms with Crippen LogP contribution < -0.4 is 15.5 Å². The van der Waals surface area contributed by atoms with Gasteiger partial charge in [0.1, 0.15) is 5.52 Å². The first-order valence-corrected chi connectivity index (χ1v) is 11.0. The number of nitrogens with one attached hydrogen (secondary N) is 2. The molecule has 172 valence electrons. The highest BCUT2D eigenvalue weighted by atomic mass is 19.1. The summed E-state index contributed by atoms with van der Waals surface area (Å²) < 4.78 is 17.8. The van der Waals surface area contributed by atoms with Gasteiger partial charge in [0, 0.05) is 68.0 Å². The Morgan fingerprint density at radius 1 is 1.33 bits per heavy atom. The number of aliphatic hydroxyl groups is 1. The van der Waals surface area contributed by atoms with Gasteiger partial charge >= 0.3 is 0 Å². The second-order valence-electron chi connectivity index (χ2n) is 8.30. The van der Waals surface area contributed by atoms with Crippen molar-refractivity contribution in [2.45, 2.75) is 26.4 Å². The van der Waals surface area contributed by atoms with E-state index in [-0.39, 0.29) is 24.2 Å². The number of piperazine rings is 1. The molecule has 1 aliphatic rings. The number of halogens is 1. The molecule has 3 N–H and O–H groups in total. The third-order valence-electron chi connectivity index (χ3n) is 5.97. The zero-order valence-electron chi connectivity index (χ0n) is 18.5. The van der Waals surface area contributed by atoms with Crippen molar-refractivity contribution in [3.05, 3.63) is 53.9 Å². The number of imidazole rings is 1. The normalized spacial score (nSPS) is 16.6. The zero-order chi connectivity index (χ0) is 23.1. The van der Waals surface area contributed by atoms with Gasteiger partial charge in [0.15, 0.2) is 11.5 Å². The van der Waals surface area contributed by atoms with E-state index >= 15 is 0 Å². The average molecular weight is 452 g/mol. The molecule has 0 unspecified atom stereocenters. The summed E-state index contributed by atoms with van der Waals surface area (Å²) in [5.41, 5.74) is 3.22. The van der Waals surface area contributed by atoms with E-state index in [1.165, 1.54) is 6.07 Å². The third kappa shape index (κ3) is 3.91. The Bertz CT molecular complexity index is 1350. The van der Waals surface area contributed by atoms with Crippen LogP contribution in [-0.4, -0.2) is 62.5 Å². The van der Waals surface area contributed by atoms with Gasteiger partial charge in [0.2, 0.25) is 0 Å². The smallest absolute Gasteiger partial charge is 0.257 e. The molecule has 9 nitrogen and oxygen atoms in total. The minimum atomic E-state index is -0.506. The molecule has 0 saturated carbocycles. The Labute approximate surface area is 189 Å². The molecule has 0 aliphatic carbocycles. The number of aryl methyl sites for hydroxylation is 2. The minimum Gasteiger partial charge on any atom is -0.395 e. The van der Waals surface area contributed by atoms with Crippen LogP contribution in [0.2, 0.25) is 0 Å². The lowest BCUT2D eigenvalue weighted by molar-refractivity contribution is 0.102. The SMILES string of the molecule is CCn1cc2c(N3CCN[C@@H](CO)C3)ccc(C(=O)Nc3cc(F)c4nc(C)cn4c3)c2n1. The fraction of sp³-hybridized carbons (Fsp3) is 0.348. The quantitative estimate of drug-likeness (QED) is 0.430. The highest BCUT2D eigenvalue weighted by molar-refractivity contribution is 6.13. The summed E-state index contributed by atoms with van der Waals surface area (Å²) in [4.78, 5) is 19.5. The molecule has 1 aliphatic heterocycles. The van der Waals surface area contributed by atoms with Crippen molar-refractivity contribution in [3.63, 3.8) is 0 Å². The van der Waals surface area contributed by atoms with Crippen molar-refractivity contribution in [2.75, 3.05) is 36.5 Å². The van der Waals surface area contributed by atoms with E-state index in [9.17, 15) is 14.3 Å². The molecule has 1 aromatic carbocycles. The van der Waals surface area contributed by atoms with Gasteiger partial charge in [-0.15, -0.1) is 0 Å². The third-order valence-corrected chi connectivity index (χ3v) is 5.97. The molecule has 0 bridgehead atoms. The number of carbonyl (C=O) groups is 1. The number of aromatic nitrogens is 4. The number of hydrogen-bond acceptors (Lipinski definition) is 6. The minimum absolute atomic E-state index is 0.00498. The summed E-state index contributed by atoms with van der Waals surface area (Å²) in [5.74, 6) is -0.870. The number of anilines is 2. The highest BCUT2D eigenvalue weighted by Crippen LogP contribution is 2.30. The van der Waals surface area contributed by atoms with Crippen LogP contribution in [0, 0.1) is 12.7 Å². The Morgan fingerprint density at radius 2 is 2.18 bits per heavy atom. The molecule has 5 rings (SSSR count). The molecule has 3 aromatic heterocycles. The van der Waals surface area contributed by atoms with Crippen LogP contribution in [0.4, 0.5) is 15.8 Å². The number of nitrogens with zero attached hydrogens (tertiary/aromatic N) is 5. The molecule has 1 atom stereocenters. The number of hydrogen-bond donors (Lipinski definition) is 3. The largest absolute Gasteiger partial charge is 0.395 e. The number of benzene rings is 1. The van der Waals surface area contributed by atoms with E-state index in [1.54, 1.807) is 34.5 Å². The van der Waals surface area contributed by atoms with Crippen molar-refractivity contribution in [2.24, 2.45) is 0 Å². The maximum absolute atomic E-state index is 14.5. The molecule has 4 aromatic rings. The van der Waals surface area contributed by atoms with Crippen LogP contribution in [0.3, 0.4) is 0 Å². The van der Waals surface area contributed by atoms with E-state index in [2.05, 4.69) is 25.6 Å². The van der Waals surface area contributed by atoms with Gasteiger partial charge in [-0.2, -0.15) is 5.10 Å². The first-order chi connectivity index (χ1) is 16.0. The summed E-state index contributed by atoms with van der Waals surface area (Å²) in [6.07, 6.45) is 5.29. The van der Waals surface area contributed by atoms with Crippen molar-refractivity contribution < 1.29 is 14.3 Å². The second kappa shape index (κ2) is 8.45. The van der Waals surface area contributed by atoms with Gasteiger partial charge in [0.05, 0.1) is 23.6 Å². The average Bonchev–Trinajstić information content (AvgIpc) is 3.41. The topological polar surface area (TPSA) is 99.7 Å². The molecule has 10 heteroatoms. The Balaban J connectivity index is 1.50. The highest BCUT2D eigenvalue weighted by Gasteiger charge is 2.23. The summed E-state index contributed by atoms with van der Waals surface area (Å²) >= 11 is 0. The van der Waals surface area contributed by atoms with Crippen molar-refractivity contribution in [1.82, 2.24) is 24.5 Å². The standard InChI is InChI=1S/C23H26FN7O2/c1-3-31-12-18-20(29-7-6-25-16(11-29)13-32)5-4-17(21(18)28-31)23(33)27-15-8-19(24)22-26-14(2)9-30(22)10-15/h4-5,8-10,12,16,25,32H,3,6-7,11,13H2,1-2H3,(H,27,33)/t16-/m1/s1. The fourth-order valence-electron chi connectivity index (χ4n) is 4.37. The molecule has 0 radical (unpaired) electrons. The van der Waals surface area contributed by atoms with Gasteiger partial charge in [-0.1, -0.05) is 0 Å². The molecule has 1 amide bonds. The Morgan fingerprint density at radius 3 is 2.97 bits per heavy atom. The number of aliphatic hydroxyl groups excluding tert-OH is 1. The van der Waals surface area contributed by atoms with E-state index in [4.69, 9.17) is 0 Å². The molecular formula is C23H26FN7O2. The molecule has 1 saturated heterocycles. The first-order valence-electron chi connectivity index (χ1n) is 11.0. The van der Waals surface area contributed by atoms with Gasteiger partial charge in [-0.3, -0.25) is 9.48 Å². The van der Waals surface area contributed by atoms with Crippen molar-refractivity contribution >= 4 is 33.8 Å². The Hall–Kier alpha value is -3.50. The number of fused-ring (bicyclic) bond motifs is 2. The van der Waals surface area contributed by atoms with Gasteiger partial charge < -0.3 is 25.0 Å². The monoisotopic (exact) mass is 451 g/mol. The maximum Gasteiger partial charge on any atom is 0.257 e. The van der Waals surface area contributed by atoms with Crippen LogP contribution >= 0.6 is 0 Å². The second-order valence-corrected chi connectivity index (χ2v) is 8.30. The number of pyridine rings is 1. The molecular weight excluding hydrogens is 425 g/mol. The Kier molecular flexibility index (Phi) is 5.47. The van der Waals surface area contributed by atoms with Crippen LogP contribution in [0.25, 0.3) is 16.6 Å². The van der Waals surface area contributed by atoms with E-state index in [0.29, 0.717) is 35.6 Å². The van der Waals surface area contributed by atoms with E-state index < -0.39 is 5.82 Å². The summed E-state index contributed by atoms with van der Waals surface area (Å²) in [7, 11) is 0. The molecule has 0 spiro atoms. The van der Waals surface area contributed by atoms with Gasteiger partial charge in [-0.25, -0.2) is 9.37 Å². The lowest BCUT2D eigenvalue weighted by Gasteiger charge is -2.34. The number of rotatable bonds is 5. The predicted molar refractivity (Wildman–Crippen MR) is 124 cm³/mol. The summed E-state index contributed by atoms with van der Waals surface area (Å²) in [6, 6.07) is 4.94. The van der Waals surface area contributed by atoms with Crippen LogP contribution in [0.15, 0.2) is 36.8 Å². The number of carbonyl (C=O) groups excluding carboxylic acids is 1. The zero-order valence-corrected chi connectivity index (χ0v) is 18.5. The lowest BCUT2D eigenvalue weighted by atomic mass is 10.1. The van der Waals surface area contributed by atoms with Crippen LogP contribution in [0.1, 0.15) is 23.0 Å². The van der Waals surface area contributed by atoms with E-state index in [1.807, 2.05) is 19.2 Å². The predicted octanol–water partition coefficient (Wildman–Crippen LogP) is 2.17. The molecule has 4 heterocycles.